The fourth-order valence-electron chi connectivity index (χ4n) is 1.29. The van der Waals surface area contributed by atoms with Crippen molar-refractivity contribution < 1.29 is 9.13 Å². The molecule has 0 spiro atoms. The van der Waals surface area contributed by atoms with E-state index in [4.69, 9.17) is 22.1 Å². The molecule has 0 aromatic heterocycles. The molecule has 0 amide bonds. The Labute approximate surface area is 101 Å². The average Bonchev–Trinajstić information content (AvgIpc) is 2.18. The minimum absolute atomic E-state index is 0.0902. The molecule has 1 atom stereocenters. The van der Waals surface area contributed by atoms with Crippen LogP contribution in [0.4, 0.5) is 4.39 Å². The lowest BCUT2D eigenvalue weighted by atomic mass is 9.89. The van der Waals surface area contributed by atoms with Crippen molar-refractivity contribution in [2.75, 3.05) is 6.54 Å². The number of hydrogen-bond acceptors (Lipinski definition) is 2. The molecule has 0 fully saturated rings. The molecular weight excluding hydrogens is 229 g/mol. The van der Waals surface area contributed by atoms with E-state index >= 15 is 0 Å². The molecule has 2 N–H and O–H groups in total. The summed E-state index contributed by atoms with van der Waals surface area (Å²) in [6.07, 6.45) is -0.159. The molecule has 90 valence electrons. The van der Waals surface area contributed by atoms with Crippen LogP contribution in [0.5, 0.6) is 5.75 Å². The molecule has 16 heavy (non-hydrogen) atoms. The maximum Gasteiger partial charge on any atom is 0.145 e. The van der Waals surface area contributed by atoms with Crippen LogP contribution in [-0.4, -0.2) is 12.6 Å². The fourth-order valence-corrected chi connectivity index (χ4v) is 1.41. The van der Waals surface area contributed by atoms with Crippen molar-refractivity contribution in [3.05, 3.63) is 29.0 Å². The Hall–Kier alpha value is -0.800. The molecule has 0 saturated heterocycles. The van der Waals surface area contributed by atoms with Gasteiger partial charge in [-0.15, -0.1) is 0 Å². The van der Waals surface area contributed by atoms with Crippen LogP contribution in [0.3, 0.4) is 0 Å². The maximum atomic E-state index is 13.2. The third-order valence-corrected chi connectivity index (χ3v) is 2.66. The summed E-state index contributed by atoms with van der Waals surface area (Å²) >= 11 is 5.59. The normalized spacial score (nSPS) is 13.6. The number of benzene rings is 1. The summed E-state index contributed by atoms with van der Waals surface area (Å²) < 4.78 is 18.8. The van der Waals surface area contributed by atoms with E-state index in [1.165, 1.54) is 12.1 Å². The van der Waals surface area contributed by atoms with Crippen LogP contribution in [0.1, 0.15) is 20.8 Å². The molecule has 1 unspecified atom stereocenters. The Morgan fingerprint density at radius 1 is 1.44 bits per heavy atom. The molecule has 0 radical (unpaired) electrons. The van der Waals surface area contributed by atoms with E-state index in [1.54, 1.807) is 6.07 Å². The highest BCUT2D eigenvalue weighted by atomic mass is 35.5. The number of nitrogens with two attached hydrogens (primary N) is 1. The first kappa shape index (κ1) is 13.3. The Bertz CT molecular complexity index is 363. The number of hydrogen-bond donors (Lipinski definition) is 1. The van der Waals surface area contributed by atoms with Crippen LogP contribution < -0.4 is 10.5 Å². The SMILES string of the molecule is CC(C)(C)C(CN)Oc1ccc(Cl)c(F)c1. The van der Waals surface area contributed by atoms with Crippen LogP contribution in [0.2, 0.25) is 5.02 Å². The number of ether oxygens (including phenoxy) is 1. The molecule has 0 aliphatic rings. The molecule has 0 aliphatic heterocycles. The Morgan fingerprint density at radius 2 is 2.06 bits per heavy atom. The van der Waals surface area contributed by atoms with Gasteiger partial charge in [0, 0.05) is 18.0 Å². The minimum atomic E-state index is -0.483. The molecule has 2 nitrogen and oxygen atoms in total. The maximum absolute atomic E-state index is 13.2. The van der Waals surface area contributed by atoms with Gasteiger partial charge in [0.25, 0.3) is 0 Å². The van der Waals surface area contributed by atoms with E-state index < -0.39 is 5.82 Å². The Morgan fingerprint density at radius 3 is 2.50 bits per heavy atom. The van der Waals surface area contributed by atoms with E-state index in [9.17, 15) is 4.39 Å². The first-order chi connectivity index (χ1) is 7.34. The molecule has 4 heteroatoms. The van der Waals surface area contributed by atoms with Crippen molar-refractivity contribution in [3.63, 3.8) is 0 Å². The highest BCUT2D eigenvalue weighted by Gasteiger charge is 2.25. The predicted octanol–water partition coefficient (Wildman–Crippen LogP) is 3.23. The predicted molar refractivity (Wildman–Crippen MR) is 64.3 cm³/mol. The second-order valence-corrected chi connectivity index (χ2v) is 5.19. The lowest BCUT2D eigenvalue weighted by Crippen LogP contribution is -2.38. The summed E-state index contributed by atoms with van der Waals surface area (Å²) in [5.74, 6) is -0.0314. The van der Waals surface area contributed by atoms with Crippen LogP contribution in [-0.2, 0) is 0 Å². The van der Waals surface area contributed by atoms with Gasteiger partial charge in [0.1, 0.15) is 17.7 Å². The fraction of sp³-hybridized carbons (Fsp3) is 0.500. The van der Waals surface area contributed by atoms with Crippen LogP contribution in [0.15, 0.2) is 18.2 Å². The smallest absolute Gasteiger partial charge is 0.145 e. The van der Waals surface area contributed by atoms with E-state index in [-0.39, 0.29) is 16.5 Å². The average molecular weight is 246 g/mol. The van der Waals surface area contributed by atoms with Crippen molar-refractivity contribution in [3.8, 4) is 5.75 Å². The summed E-state index contributed by atoms with van der Waals surface area (Å²) in [5, 5.41) is 0.0902. The Kier molecular flexibility index (Phi) is 4.16. The topological polar surface area (TPSA) is 35.2 Å². The van der Waals surface area contributed by atoms with Crippen molar-refractivity contribution in [2.45, 2.75) is 26.9 Å². The van der Waals surface area contributed by atoms with Gasteiger partial charge in [-0.25, -0.2) is 4.39 Å². The van der Waals surface area contributed by atoms with Crippen LogP contribution in [0.25, 0.3) is 0 Å². The largest absolute Gasteiger partial charge is 0.488 e. The van der Waals surface area contributed by atoms with Crippen molar-refractivity contribution in [2.24, 2.45) is 11.1 Å². The van der Waals surface area contributed by atoms with Gasteiger partial charge in [0.05, 0.1) is 5.02 Å². The van der Waals surface area contributed by atoms with Gasteiger partial charge in [-0.05, 0) is 12.1 Å². The summed E-state index contributed by atoms with van der Waals surface area (Å²) in [6.45, 7) is 6.46. The van der Waals surface area contributed by atoms with Crippen molar-refractivity contribution in [1.29, 1.82) is 0 Å². The van der Waals surface area contributed by atoms with E-state index in [0.717, 1.165) is 0 Å². The quantitative estimate of drug-likeness (QED) is 0.887. The second-order valence-electron chi connectivity index (χ2n) is 4.78. The van der Waals surface area contributed by atoms with Crippen LogP contribution >= 0.6 is 11.6 Å². The minimum Gasteiger partial charge on any atom is -0.488 e. The molecule has 1 rings (SSSR count). The summed E-state index contributed by atoms with van der Waals surface area (Å²) in [6, 6.07) is 4.39. The Balaban J connectivity index is 2.83. The van der Waals surface area contributed by atoms with Gasteiger partial charge in [0.15, 0.2) is 0 Å². The highest BCUT2D eigenvalue weighted by Crippen LogP contribution is 2.26. The second kappa shape index (κ2) is 5.02. The van der Waals surface area contributed by atoms with Crippen LogP contribution in [0, 0.1) is 11.2 Å². The standard InChI is InChI=1S/C12H17ClFNO/c1-12(2,3)11(7-15)16-8-4-5-9(13)10(14)6-8/h4-6,11H,7,15H2,1-3H3. The first-order valence-corrected chi connectivity index (χ1v) is 5.54. The van der Waals surface area contributed by atoms with Gasteiger partial charge >= 0.3 is 0 Å². The molecular formula is C12H17ClFNO. The van der Waals surface area contributed by atoms with Gasteiger partial charge in [-0.2, -0.15) is 0 Å². The van der Waals surface area contributed by atoms with E-state index in [1.807, 2.05) is 20.8 Å². The molecule has 0 bridgehead atoms. The number of rotatable bonds is 3. The monoisotopic (exact) mass is 245 g/mol. The van der Waals surface area contributed by atoms with E-state index in [0.29, 0.717) is 12.3 Å². The zero-order valence-electron chi connectivity index (χ0n) is 9.76. The van der Waals surface area contributed by atoms with Gasteiger partial charge < -0.3 is 10.5 Å². The lowest BCUT2D eigenvalue weighted by Gasteiger charge is -2.30. The van der Waals surface area contributed by atoms with Gasteiger partial charge in [0.2, 0.25) is 0 Å². The molecule has 0 saturated carbocycles. The highest BCUT2D eigenvalue weighted by molar-refractivity contribution is 6.30. The zero-order chi connectivity index (χ0) is 12.3. The summed E-state index contributed by atoms with van der Waals surface area (Å²) in [5.41, 5.74) is 5.54. The third-order valence-electron chi connectivity index (χ3n) is 2.35. The molecule has 0 aliphatic carbocycles. The van der Waals surface area contributed by atoms with E-state index in [2.05, 4.69) is 0 Å². The van der Waals surface area contributed by atoms with Gasteiger partial charge in [-0.3, -0.25) is 0 Å². The summed E-state index contributed by atoms with van der Waals surface area (Å²) in [7, 11) is 0. The van der Waals surface area contributed by atoms with Gasteiger partial charge in [-0.1, -0.05) is 32.4 Å². The number of halogens is 2. The zero-order valence-corrected chi connectivity index (χ0v) is 10.5. The van der Waals surface area contributed by atoms with Crippen molar-refractivity contribution >= 4 is 11.6 Å². The molecule has 1 aromatic carbocycles. The molecule has 1 aromatic rings. The third kappa shape index (κ3) is 3.35. The lowest BCUT2D eigenvalue weighted by molar-refractivity contribution is 0.0938. The summed E-state index contributed by atoms with van der Waals surface area (Å²) in [4.78, 5) is 0. The van der Waals surface area contributed by atoms with Crippen molar-refractivity contribution in [1.82, 2.24) is 0 Å². The molecule has 0 heterocycles. The first-order valence-electron chi connectivity index (χ1n) is 5.16.